The molecule has 145 valence electrons. The zero-order valence-electron chi connectivity index (χ0n) is 15.0. The molecule has 0 aliphatic rings. The van der Waals surface area contributed by atoms with Crippen molar-refractivity contribution in [2.24, 2.45) is 0 Å². The Kier molecular flexibility index (Phi) is 12.1. The van der Waals surface area contributed by atoms with E-state index in [1.54, 1.807) is 48.5 Å². The second kappa shape index (κ2) is 13.4. The predicted octanol–water partition coefficient (Wildman–Crippen LogP) is 4.39. The van der Waals surface area contributed by atoms with Crippen LogP contribution in [0.4, 0.5) is 11.4 Å². The minimum absolute atomic E-state index is 0. The maximum atomic E-state index is 11.0. The van der Waals surface area contributed by atoms with Crippen LogP contribution in [0.5, 0.6) is 0 Å². The predicted molar refractivity (Wildman–Crippen MR) is 99.5 cm³/mol. The van der Waals surface area contributed by atoms with E-state index in [9.17, 15) is 19.2 Å². The van der Waals surface area contributed by atoms with Crippen molar-refractivity contribution in [3.05, 3.63) is 71.3 Å². The van der Waals surface area contributed by atoms with E-state index in [1.807, 2.05) is 12.1 Å². The SMILES string of the molecule is CC(=O)CC(=O)[N-]c1ccccc1.CC(=O)CC(=O)[N-]c1ccccc1.[Cu+2]. The van der Waals surface area contributed by atoms with Gasteiger partial charge in [-0.05, 0) is 13.8 Å². The van der Waals surface area contributed by atoms with Crippen molar-refractivity contribution in [2.45, 2.75) is 26.7 Å². The summed E-state index contributed by atoms with van der Waals surface area (Å²) in [7, 11) is 0. The van der Waals surface area contributed by atoms with Crippen LogP contribution >= 0.6 is 0 Å². The first-order valence-corrected chi connectivity index (χ1v) is 7.95. The molecule has 0 saturated heterocycles. The first kappa shape index (κ1) is 24.2. The van der Waals surface area contributed by atoms with E-state index in [1.165, 1.54) is 13.8 Å². The van der Waals surface area contributed by atoms with E-state index < -0.39 is 11.8 Å². The number of hydrogen-bond donors (Lipinski definition) is 0. The molecule has 0 saturated carbocycles. The topological polar surface area (TPSA) is 96.5 Å². The summed E-state index contributed by atoms with van der Waals surface area (Å²) >= 11 is 0. The zero-order chi connectivity index (χ0) is 19.4. The van der Waals surface area contributed by atoms with Gasteiger partial charge in [0.25, 0.3) is 0 Å². The van der Waals surface area contributed by atoms with Crippen LogP contribution in [0.2, 0.25) is 0 Å². The molecule has 7 heteroatoms. The van der Waals surface area contributed by atoms with E-state index >= 15 is 0 Å². The number of ketones is 2. The third-order valence-electron chi connectivity index (χ3n) is 2.82. The summed E-state index contributed by atoms with van der Waals surface area (Å²) in [5.41, 5.74) is 1.18. The van der Waals surface area contributed by atoms with Gasteiger partial charge in [0.05, 0.1) is 11.8 Å². The number of nitrogens with zero attached hydrogens (tertiary/aromatic N) is 2. The fourth-order valence-electron chi connectivity index (χ4n) is 1.80. The third kappa shape index (κ3) is 12.3. The Morgan fingerprint density at radius 3 is 1.19 bits per heavy atom. The van der Waals surface area contributed by atoms with Gasteiger partial charge in [0.2, 0.25) is 0 Å². The number of carbonyl (C=O) groups excluding carboxylic acids is 4. The molecule has 0 fully saturated rings. The molecule has 0 N–H and O–H groups in total. The number of hydrogen-bond acceptors (Lipinski definition) is 4. The van der Waals surface area contributed by atoms with Crippen molar-refractivity contribution in [3.63, 3.8) is 0 Å². The van der Waals surface area contributed by atoms with Crippen LogP contribution in [0.25, 0.3) is 10.6 Å². The monoisotopic (exact) mass is 415 g/mol. The molecule has 0 aliphatic heterocycles. The summed E-state index contributed by atoms with van der Waals surface area (Å²) in [6, 6.07) is 17.7. The number of Topliss-reactive ketones (excluding diaryl/α,β-unsaturated/α-hetero) is 2. The quantitative estimate of drug-likeness (QED) is 0.516. The molecular weight excluding hydrogens is 396 g/mol. The Bertz CT molecular complexity index is 684. The van der Waals surface area contributed by atoms with E-state index in [0.29, 0.717) is 11.4 Å². The van der Waals surface area contributed by atoms with E-state index in [0.717, 1.165) is 0 Å². The van der Waals surface area contributed by atoms with Crippen molar-refractivity contribution in [2.75, 3.05) is 0 Å². The molecule has 0 heterocycles. The van der Waals surface area contributed by atoms with Crippen molar-refractivity contribution < 1.29 is 36.2 Å². The number of amides is 2. The van der Waals surface area contributed by atoms with Crippen molar-refractivity contribution in [3.8, 4) is 0 Å². The molecule has 0 bridgehead atoms. The summed E-state index contributed by atoms with van der Waals surface area (Å²) in [6.07, 6.45) is -0.232. The van der Waals surface area contributed by atoms with Crippen LogP contribution < -0.4 is 0 Å². The van der Waals surface area contributed by atoms with Gasteiger partial charge in [-0.1, -0.05) is 60.7 Å². The molecule has 2 rings (SSSR count). The zero-order valence-corrected chi connectivity index (χ0v) is 16.0. The Morgan fingerprint density at radius 2 is 0.926 bits per heavy atom. The van der Waals surface area contributed by atoms with E-state index in [4.69, 9.17) is 0 Å². The Balaban J connectivity index is 0.000000483. The molecule has 0 aliphatic carbocycles. The minimum atomic E-state index is -0.390. The first-order valence-electron chi connectivity index (χ1n) is 7.95. The normalized spacial score (nSPS) is 8.96. The van der Waals surface area contributed by atoms with Gasteiger partial charge in [0.15, 0.2) is 0 Å². The standard InChI is InChI=1S/2C10H11NO2.Cu/c2*1-8(12)7-10(13)11-9-5-3-2-4-6-9;/h2*2-6H,7H2,1H3,(H,11,13);/q;;+2/p-2. The van der Waals surface area contributed by atoms with Gasteiger partial charge < -0.3 is 20.2 Å². The molecule has 27 heavy (non-hydrogen) atoms. The Hall–Kier alpha value is -2.76. The summed E-state index contributed by atoms with van der Waals surface area (Å²) in [5, 5.41) is 7.48. The van der Waals surface area contributed by atoms with Gasteiger partial charge in [-0.3, -0.25) is 9.59 Å². The maximum Gasteiger partial charge on any atom is 2.00 e. The van der Waals surface area contributed by atoms with Crippen LogP contribution in [0.1, 0.15) is 26.7 Å². The van der Waals surface area contributed by atoms with Gasteiger partial charge in [0, 0.05) is 12.8 Å². The molecule has 0 aromatic heterocycles. The third-order valence-corrected chi connectivity index (χ3v) is 2.82. The van der Waals surface area contributed by atoms with Crippen LogP contribution in [0, 0.1) is 0 Å². The fourth-order valence-corrected chi connectivity index (χ4v) is 1.80. The number of carbonyl (C=O) groups is 4. The van der Waals surface area contributed by atoms with Gasteiger partial charge in [0.1, 0.15) is 11.6 Å². The Morgan fingerprint density at radius 1 is 0.630 bits per heavy atom. The smallest absolute Gasteiger partial charge is 0.627 e. The van der Waals surface area contributed by atoms with Gasteiger partial charge >= 0.3 is 17.1 Å². The van der Waals surface area contributed by atoms with Crippen molar-refractivity contribution in [1.82, 2.24) is 0 Å². The summed E-state index contributed by atoms with van der Waals surface area (Å²) in [5.74, 6) is -1.10. The summed E-state index contributed by atoms with van der Waals surface area (Å²) in [6.45, 7) is 2.75. The average Bonchev–Trinajstić information content (AvgIpc) is 2.55. The number of para-hydroxylation sites is 2. The van der Waals surface area contributed by atoms with Gasteiger partial charge in [-0.15, -0.1) is 11.4 Å². The van der Waals surface area contributed by atoms with E-state index in [2.05, 4.69) is 10.6 Å². The molecule has 2 amide bonds. The second-order valence-electron chi connectivity index (χ2n) is 5.44. The number of rotatable bonds is 6. The van der Waals surface area contributed by atoms with Gasteiger partial charge in [-0.2, -0.15) is 0 Å². The van der Waals surface area contributed by atoms with Gasteiger partial charge in [-0.25, -0.2) is 0 Å². The molecule has 0 unspecified atom stereocenters. The molecule has 0 spiro atoms. The van der Waals surface area contributed by atoms with Crippen LogP contribution in [0.3, 0.4) is 0 Å². The first-order chi connectivity index (χ1) is 12.4. The molecule has 2 aromatic carbocycles. The maximum absolute atomic E-state index is 11.0. The van der Waals surface area contributed by atoms with E-state index in [-0.39, 0.29) is 41.5 Å². The summed E-state index contributed by atoms with van der Waals surface area (Å²) < 4.78 is 0. The minimum Gasteiger partial charge on any atom is -0.627 e. The van der Waals surface area contributed by atoms with Crippen LogP contribution in [-0.2, 0) is 36.2 Å². The van der Waals surface area contributed by atoms with Crippen LogP contribution in [-0.4, -0.2) is 23.4 Å². The average molecular weight is 416 g/mol. The molecular formula is C20H20CuN2O4. The number of benzene rings is 2. The largest absolute Gasteiger partial charge is 2.00 e. The molecule has 6 nitrogen and oxygen atoms in total. The molecule has 2 aromatic rings. The Labute approximate surface area is 169 Å². The molecule has 0 atom stereocenters. The second-order valence-corrected chi connectivity index (χ2v) is 5.44. The summed E-state index contributed by atoms with van der Waals surface area (Å²) in [4.78, 5) is 43.2. The van der Waals surface area contributed by atoms with Crippen molar-refractivity contribution in [1.29, 1.82) is 0 Å². The fraction of sp³-hybridized carbons (Fsp3) is 0.200. The van der Waals surface area contributed by atoms with Crippen molar-refractivity contribution >= 4 is 34.8 Å². The van der Waals surface area contributed by atoms with Crippen LogP contribution in [0.15, 0.2) is 60.7 Å². The molecule has 1 radical (unpaired) electrons.